The van der Waals surface area contributed by atoms with Crippen molar-refractivity contribution >= 4 is 28.4 Å². The van der Waals surface area contributed by atoms with E-state index in [2.05, 4.69) is 23.8 Å². The minimum Gasteiger partial charge on any atom is -0.475 e. The van der Waals surface area contributed by atoms with Crippen LogP contribution in [0.1, 0.15) is 18.1 Å². The van der Waals surface area contributed by atoms with Gasteiger partial charge in [0, 0.05) is 5.56 Å². The molecule has 1 aromatic rings. The molecule has 2 atom stereocenters. The van der Waals surface area contributed by atoms with Crippen LogP contribution in [0.3, 0.4) is 0 Å². The van der Waals surface area contributed by atoms with Crippen LogP contribution in [-0.4, -0.2) is 49.0 Å². The molecule has 0 radical (unpaired) electrons. The van der Waals surface area contributed by atoms with E-state index in [0.717, 1.165) is 13.8 Å². The predicted octanol–water partition coefficient (Wildman–Crippen LogP) is 5.61. The number of hydrogen-bond acceptors (Lipinski definition) is 9. The molecule has 1 aromatic carbocycles. The molecule has 0 bridgehead atoms. The minimum atomic E-state index is -10.2. The number of benzene rings is 1. The number of esters is 1. The normalized spacial score (nSPS) is 18.3. The van der Waals surface area contributed by atoms with Crippen LogP contribution in [0.5, 0.6) is 5.75 Å². The van der Waals surface area contributed by atoms with E-state index in [1.165, 1.54) is 0 Å². The summed E-state index contributed by atoms with van der Waals surface area (Å²) in [6, 6.07) is -0.256. The summed E-state index contributed by atoms with van der Waals surface area (Å²) in [5.41, 5.74) is -3.06. The van der Waals surface area contributed by atoms with Crippen LogP contribution in [-0.2, 0) is 23.8 Å². The Morgan fingerprint density at radius 3 is 2.31 bits per heavy atom. The molecule has 0 aliphatic carbocycles. The van der Waals surface area contributed by atoms with E-state index in [0.29, 0.717) is 0 Å². The standard InChI is InChI=1S/C17H15F8NO9S/c1-8-3-11(36(21,22,23,24)25)4-10-5-12(14(17(18,19)20)35-13(8)10)15(27)31-7-32-16(28)34-9(2)6-33-26(29)30/h3-5,9,14H,6-7H2,1-2H3/t9-,14-/m0/s1. The summed E-state index contributed by atoms with van der Waals surface area (Å²) >= 11 is 0. The van der Waals surface area contributed by atoms with Crippen LogP contribution in [0.15, 0.2) is 22.6 Å². The van der Waals surface area contributed by atoms with Gasteiger partial charge in [0.1, 0.15) is 23.4 Å². The van der Waals surface area contributed by atoms with Gasteiger partial charge in [0.05, 0.1) is 5.57 Å². The molecule has 10 nitrogen and oxygen atoms in total. The third-order valence-electron chi connectivity index (χ3n) is 4.16. The van der Waals surface area contributed by atoms with E-state index >= 15 is 0 Å². The van der Waals surface area contributed by atoms with Crippen molar-refractivity contribution in [1.82, 2.24) is 0 Å². The minimum absolute atomic E-state index is 0.0812. The Morgan fingerprint density at radius 1 is 1.17 bits per heavy atom. The van der Waals surface area contributed by atoms with Gasteiger partial charge in [-0.3, -0.25) is 0 Å². The second kappa shape index (κ2) is 8.86. The fraction of sp³-hybridized carbons (Fsp3) is 0.412. The lowest BCUT2D eigenvalue weighted by Crippen LogP contribution is -2.41. The highest BCUT2D eigenvalue weighted by Gasteiger charge is 2.65. The molecule has 0 N–H and O–H groups in total. The molecule has 1 aliphatic rings. The molecule has 0 spiro atoms. The zero-order chi connectivity index (χ0) is 27.8. The average molecular weight is 561 g/mol. The third-order valence-corrected chi connectivity index (χ3v) is 5.29. The van der Waals surface area contributed by atoms with Crippen LogP contribution in [0.4, 0.5) is 37.4 Å². The largest absolute Gasteiger partial charge is 0.511 e. The molecule has 1 heterocycles. The maximum Gasteiger partial charge on any atom is 0.511 e. The first-order chi connectivity index (χ1) is 16.1. The second-order valence-electron chi connectivity index (χ2n) is 7.16. The molecule has 0 saturated carbocycles. The smallest absolute Gasteiger partial charge is 0.475 e. The molecule has 0 amide bonds. The van der Waals surface area contributed by atoms with Gasteiger partial charge >= 0.3 is 28.5 Å². The first kappa shape index (κ1) is 28.7. The number of carbonyl (C=O) groups excluding carboxylic acids is 2. The number of hydrogen-bond donors (Lipinski definition) is 0. The summed E-state index contributed by atoms with van der Waals surface area (Å²) in [5.74, 6) is -2.71. The average Bonchev–Trinajstić information content (AvgIpc) is 2.68. The summed E-state index contributed by atoms with van der Waals surface area (Å²) in [4.78, 5) is 35.1. The second-order valence-corrected chi connectivity index (χ2v) is 9.57. The van der Waals surface area contributed by atoms with Crippen molar-refractivity contribution in [2.75, 3.05) is 13.4 Å². The fourth-order valence-corrected chi connectivity index (χ4v) is 3.45. The Kier molecular flexibility index (Phi) is 7.07. The number of nitrogens with zero attached hydrogens (tertiary/aromatic N) is 1. The zero-order valence-electron chi connectivity index (χ0n) is 17.9. The Balaban J connectivity index is 2.24. The van der Waals surface area contributed by atoms with Gasteiger partial charge in [-0.2, -0.15) is 13.2 Å². The van der Waals surface area contributed by atoms with Crippen LogP contribution in [0.25, 0.3) is 6.08 Å². The van der Waals surface area contributed by atoms with Crippen molar-refractivity contribution < 1.29 is 71.1 Å². The SMILES string of the molecule is Cc1cc(S(F)(F)(F)(F)F)cc2c1O[C@H](C(F)(F)F)C(C(=O)OCOC(=O)O[C@@H](C)CO[N+](=O)[O-])=C2. The lowest BCUT2D eigenvalue weighted by Gasteiger charge is -2.41. The molecular weight excluding hydrogens is 546 g/mol. The summed E-state index contributed by atoms with van der Waals surface area (Å²) < 4.78 is 124. The number of fused-ring (bicyclic) bond motifs is 1. The maximum absolute atomic E-state index is 13.5. The Hall–Kier alpha value is -3.51. The van der Waals surface area contributed by atoms with Crippen molar-refractivity contribution in [2.24, 2.45) is 0 Å². The molecule has 0 fully saturated rings. The highest BCUT2D eigenvalue weighted by molar-refractivity contribution is 8.45. The summed E-state index contributed by atoms with van der Waals surface area (Å²) in [7, 11) is -10.2. The van der Waals surface area contributed by atoms with E-state index in [4.69, 9.17) is 0 Å². The van der Waals surface area contributed by atoms with E-state index in [9.17, 15) is 52.3 Å². The molecular formula is C17H15F8NO9S. The third kappa shape index (κ3) is 7.49. The molecule has 0 unspecified atom stereocenters. The van der Waals surface area contributed by atoms with E-state index in [1.807, 2.05) is 0 Å². The van der Waals surface area contributed by atoms with Gasteiger partial charge in [-0.25, -0.2) is 9.59 Å². The quantitative estimate of drug-likeness (QED) is 0.131. The molecule has 19 heteroatoms. The first-order valence-corrected chi connectivity index (χ1v) is 11.1. The van der Waals surface area contributed by atoms with Gasteiger partial charge in [0.15, 0.2) is 0 Å². The molecule has 1 aliphatic heterocycles. The zero-order valence-corrected chi connectivity index (χ0v) is 18.7. The molecule has 36 heavy (non-hydrogen) atoms. The first-order valence-electron chi connectivity index (χ1n) is 9.20. The predicted molar refractivity (Wildman–Crippen MR) is 102 cm³/mol. The van der Waals surface area contributed by atoms with Crippen molar-refractivity contribution in [1.29, 1.82) is 0 Å². The Bertz CT molecular complexity index is 1110. The topological polar surface area (TPSA) is 123 Å². The number of aryl methyl sites for hydroxylation is 1. The van der Waals surface area contributed by atoms with Gasteiger partial charge in [-0.15, -0.1) is 10.1 Å². The molecule has 0 aromatic heterocycles. The van der Waals surface area contributed by atoms with Crippen molar-refractivity contribution in [3.63, 3.8) is 0 Å². The Morgan fingerprint density at radius 2 is 1.78 bits per heavy atom. The van der Waals surface area contributed by atoms with E-state index in [1.54, 1.807) is 0 Å². The fourth-order valence-electron chi connectivity index (χ4n) is 2.70. The van der Waals surface area contributed by atoms with Crippen molar-refractivity contribution in [3.05, 3.63) is 38.9 Å². The highest BCUT2D eigenvalue weighted by atomic mass is 32.5. The molecule has 0 saturated heterocycles. The van der Waals surface area contributed by atoms with Gasteiger partial charge in [-0.05, 0) is 37.6 Å². The monoisotopic (exact) mass is 561 g/mol. The number of ether oxygens (including phenoxy) is 4. The van der Waals surface area contributed by atoms with Gasteiger partial charge < -0.3 is 23.8 Å². The van der Waals surface area contributed by atoms with Crippen LogP contribution in [0, 0.1) is 17.0 Å². The van der Waals surface area contributed by atoms with Crippen LogP contribution < -0.4 is 4.74 Å². The summed E-state index contributed by atoms with van der Waals surface area (Å²) in [5, 5.41) is 8.86. The van der Waals surface area contributed by atoms with Crippen LogP contribution >= 0.6 is 10.2 Å². The number of carbonyl (C=O) groups is 2. The van der Waals surface area contributed by atoms with Crippen molar-refractivity contribution in [3.8, 4) is 5.75 Å². The van der Waals surface area contributed by atoms with E-state index < -0.39 is 86.6 Å². The molecule has 204 valence electrons. The summed E-state index contributed by atoms with van der Waals surface area (Å²) in [6.45, 7) is -0.137. The lowest BCUT2D eigenvalue weighted by molar-refractivity contribution is -0.759. The summed E-state index contributed by atoms with van der Waals surface area (Å²) in [6.07, 6.45) is -10.9. The number of rotatable bonds is 8. The van der Waals surface area contributed by atoms with Gasteiger partial charge in [0.2, 0.25) is 12.9 Å². The van der Waals surface area contributed by atoms with Crippen molar-refractivity contribution in [2.45, 2.75) is 37.1 Å². The Labute approximate surface area is 195 Å². The number of halogens is 8. The van der Waals surface area contributed by atoms with E-state index in [-0.39, 0.29) is 18.2 Å². The molecule has 2 rings (SSSR count). The maximum atomic E-state index is 13.5. The highest BCUT2D eigenvalue weighted by Crippen LogP contribution is 3.02. The van der Waals surface area contributed by atoms with Crippen LogP contribution in [0.2, 0.25) is 0 Å². The number of alkyl halides is 3. The van der Waals surface area contributed by atoms with Gasteiger partial charge in [-0.1, -0.05) is 19.4 Å². The van der Waals surface area contributed by atoms with Gasteiger partial charge in [0.25, 0.3) is 5.09 Å². The lowest BCUT2D eigenvalue weighted by atomic mass is 9.99.